The van der Waals surface area contributed by atoms with Crippen LogP contribution in [-0.2, 0) is 11.3 Å². The maximum atomic E-state index is 5.53. The number of rotatable bonds is 5. The molecule has 21 heavy (non-hydrogen) atoms. The number of aliphatic imine (C=N–C) groups is 1. The predicted molar refractivity (Wildman–Crippen MR) is 87.4 cm³/mol. The molecule has 0 spiro atoms. The van der Waals surface area contributed by atoms with Crippen LogP contribution < -0.4 is 10.6 Å². The summed E-state index contributed by atoms with van der Waals surface area (Å²) in [6, 6.07) is 4.00. The molecule has 1 rings (SSSR count). The molecule has 5 nitrogen and oxygen atoms in total. The molecular weight excluding hydrogens is 264 g/mol. The average molecular weight is 292 g/mol. The van der Waals surface area contributed by atoms with Crippen molar-refractivity contribution in [3.8, 4) is 0 Å². The van der Waals surface area contributed by atoms with E-state index in [1.54, 1.807) is 20.4 Å². The van der Waals surface area contributed by atoms with E-state index in [0.717, 1.165) is 11.7 Å². The fourth-order valence-electron chi connectivity index (χ4n) is 2.02. The van der Waals surface area contributed by atoms with Crippen LogP contribution >= 0.6 is 0 Å². The van der Waals surface area contributed by atoms with E-state index in [1.807, 2.05) is 6.07 Å². The Hall–Kier alpha value is -1.62. The first kappa shape index (κ1) is 17.4. The third-order valence-electron chi connectivity index (χ3n) is 3.47. The van der Waals surface area contributed by atoms with Gasteiger partial charge in [-0.05, 0) is 24.0 Å². The van der Waals surface area contributed by atoms with Crippen molar-refractivity contribution in [1.82, 2.24) is 15.6 Å². The predicted octanol–water partition coefficient (Wildman–Crippen LogP) is 2.12. The van der Waals surface area contributed by atoms with Crippen LogP contribution in [-0.4, -0.2) is 37.7 Å². The summed E-state index contributed by atoms with van der Waals surface area (Å²) < 4.78 is 5.53. The van der Waals surface area contributed by atoms with E-state index >= 15 is 0 Å². The molecule has 118 valence electrons. The maximum Gasteiger partial charge on any atom is 0.191 e. The Labute approximate surface area is 128 Å². The number of aromatic nitrogens is 1. The van der Waals surface area contributed by atoms with Gasteiger partial charge in [0.05, 0.1) is 18.3 Å². The smallest absolute Gasteiger partial charge is 0.191 e. The molecule has 0 saturated carbocycles. The fraction of sp³-hybridized carbons (Fsp3) is 0.625. The Morgan fingerprint density at radius 2 is 2.10 bits per heavy atom. The number of methoxy groups -OCH3 is 1. The van der Waals surface area contributed by atoms with Crippen LogP contribution in [0.2, 0.25) is 0 Å². The van der Waals surface area contributed by atoms with Crippen molar-refractivity contribution in [2.45, 2.75) is 40.3 Å². The maximum absolute atomic E-state index is 5.53. The number of pyridine rings is 1. The SMILES string of the molecule is CN=C(NCc1ncccc1C)NCC(OC)C(C)(C)C. The van der Waals surface area contributed by atoms with Gasteiger partial charge in [-0.15, -0.1) is 0 Å². The minimum atomic E-state index is 0.0815. The van der Waals surface area contributed by atoms with Crippen LogP contribution in [0.1, 0.15) is 32.0 Å². The molecular formula is C16H28N4O. The molecule has 1 aromatic heterocycles. The third-order valence-corrected chi connectivity index (χ3v) is 3.47. The van der Waals surface area contributed by atoms with Crippen molar-refractivity contribution in [3.05, 3.63) is 29.6 Å². The summed E-state index contributed by atoms with van der Waals surface area (Å²) in [6.45, 7) is 9.91. The Morgan fingerprint density at radius 3 is 2.62 bits per heavy atom. The Bertz CT molecular complexity index is 466. The molecule has 0 aliphatic rings. The molecule has 1 aromatic rings. The first-order valence-electron chi connectivity index (χ1n) is 7.26. The molecule has 0 fully saturated rings. The first-order valence-corrected chi connectivity index (χ1v) is 7.26. The summed E-state index contributed by atoms with van der Waals surface area (Å²) in [5.74, 6) is 0.756. The number of aryl methyl sites for hydroxylation is 1. The number of nitrogens with one attached hydrogen (secondary N) is 2. The zero-order valence-electron chi connectivity index (χ0n) is 14.0. The van der Waals surface area contributed by atoms with Gasteiger partial charge in [0.2, 0.25) is 0 Å². The highest BCUT2D eigenvalue weighted by Crippen LogP contribution is 2.20. The van der Waals surface area contributed by atoms with Crippen LogP contribution in [0, 0.1) is 12.3 Å². The minimum absolute atomic E-state index is 0.0815. The average Bonchev–Trinajstić information content (AvgIpc) is 2.43. The summed E-state index contributed by atoms with van der Waals surface area (Å²) in [5.41, 5.74) is 2.28. The van der Waals surface area contributed by atoms with E-state index in [0.29, 0.717) is 13.1 Å². The van der Waals surface area contributed by atoms with Crippen LogP contribution in [0.4, 0.5) is 0 Å². The van der Waals surface area contributed by atoms with Gasteiger partial charge in [0.15, 0.2) is 5.96 Å². The fourth-order valence-corrected chi connectivity index (χ4v) is 2.02. The molecule has 0 bridgehead atoms. The van der Waals surface area contributed by atoms with E-state index < -0.39 is 0 Å². The van der Waals surface area contributed by atoms with Gasteiger partial charge in [0.1, 0.15) is 0 Å². The summed E-state index contributed by atoms with van der Waals surface area (Å²) in [4.78, 5) is 8.60. The van der Waals surface area contributed by atoms with E-state index in [9.17, 15) is 0 Å². The lowest BCUT2D eigenvalue weighted by molar-refractivity contribution is 0.0205. The Balaban J connectivity index is 2.52. The van der Waals surface area contributed by atoms with E-state index in [1.165, 1.54) is 5.56 Å². The van der Waals surface area contributed by atoms with Gasteiger partial charge in [-0.3, -0.25) is 9.98 Å². The van der Waals surface area contributed by atoms with Gasteiger partial charge in [0.25, 0.3) is 0 Å². The van der Waals surface area contributed by atoms with Crippen LogP contribution in [0.25, 0.3) is 0 Å². The normalized spacial score (nSPS) is 13.9. The Morgan fingerprint density at radius 1 is 1.38 bits per heavy atom. The number of nitrogens with zero attached hydrogens (tertiary/aromatic N) is 2. The van der Waals surface area contributed by atoms with Gasteiger partial charge in [-0.25, -0.2) is 0 Å². The lowest BCUT2D eigenvalue weighted by Crippen LogP contribution is -2.45. The van der Waals surface area contributed by atoms with E-state index in [2.05, 4.69) is 54.4 Å². The van der Waals surface area contributed by atoms with Crippen molar-refractivity contribution < 1.29 is 4.74 Å². The molecule has 1 unspecified atom stereocenters. The van der Waals surface area contributed by atoms with Crippen LogP contribution in [0.5, 0.6) is 0 Å². The van der Waals surface area contributed by atoms with Gasteiger partial charge < -0.3 is 15.4 Å². The number of guanidine groups is 1. The summed E-state index contributed by atoms with van der Waals surface area (Å²) in [6.07, 6.45) is 1.92. The second kappa shape index (κ2) is 7.98. The quantitative estimate of drug-likeness (QED) is 0.645. The molecule has 0 amide bonds. The minimum Gasteiger partial charge on any atom is -0.379 e. The largest absolute Gasteiger partial charge is 0.379 e. The van der Waals surface area contributed by atoms with Crippen molar-refractivity contribution >= 4 is 5.96 Å². The molecule has 5 heteroatoms. The molecule has 1 atom stereocenters. The number of ether oxygens (including phenoxy) is 1. The standard InChI is InChI=1S/C16H28N4O/c1-12-8-7-9-18-13(12)10-19-15(17-5)20-11-14(21-6)16(2,3)4/h7-9,14H,10-11H2,1-6H3,(H2,17,19,20). The monoisotopic (exact) mass is 292 g/mol. The second-order valence-corrected chi connectivity index (χ2v) is 6.16. The van der Waals surface area contributed by atoms with Crippen molar-refractivity contribution in [2.24, 2.45) is 10.4 Å². The third kappa shape index (κ3) is 5.71. The molecule has 0 aromatic carbocycles. The van der Waals surface area contributed by atoms with Crippen LogP contribution in [0.15, 0.2) is 23.3 Å². The molecule has 0 radical (unpaired) electrons. The summed E-state index contributed by atoms with van der Waals surface area (Å²) in [7, 11) is 3.50. The van der Waals surface area contributed by atoms with Gasteiger partial charge in [-0.1, -0.05) is 26.8 Å². The topological polar surface area (TPSA) is 58.5 Å². The zero-order chi connectivity index (χ0) is 15.9. The van der Waals surface area contributed by atoms with Gasteiger partial charge in [0, 0.05) is 26.9 Å². The van der Waals surface area contributed by atoms with Crippen molar-refractivity contribution in [3.63, 3.8) is 0 Å². The molecule has 1 heterocycles. The number of hydrogen-bond acceptors (Lipinski definition) is 3. The summed E-state index contributed by atoms with van der Waals surface area (Å²) in [5, 5.41) is 6.58. The highest BCUT2D eigenvalue weighted by molar-refractivity contribution is 5.79. The molecule has 0 aliphatic carbocycles. The van der Waals surface area contributed by atoms with E-state index in [-0.39, 0.29) is 11.5 Å². The highest BCUT2D eigenvalue weighted by Gasteiger charge is 2.24. The first-order chi connectivity index (χ1) is 9.88. The van der Waals surface area contributed by atoms with Crippen LogP contribution in [0.3, 0.4) is 0 Å². The van der Waals surface area contributed by atoms with Crippen molar-refractivity contribution in [2.75, 3.05) is 20.7 Å². The van der Waals surface area contributed by atoms with Gasteiger partial charge >= 0.3 is 0 Å². The lowest BCUT2D eigenvalue weighted by Gasteiger charge is -2.30. The van der Waals surface area contributed by atoms with E-state index in [4.69, 9.17) is 4.74 Å². The second-order valence-electron chi connectivity index (χ2n) is 6.16. The molecule has 0 saturated heterocycles. The van der Waals surface area contributed by atoms with Gasteiger partial charge in [-0.2, -0.15) is 0 Å². The lowest BCUT2D eigenvalue weighted by atomic mass is 9.89. The zero-order valence-corrected chi connectivity index (χ0v) is 14.0. The molecule has 2 N–H and O–H groups in total. The molecule has 0 aliphatic heterocycles. The van der Waals surface area contributed by atoms with Crippen molar-refractivity contribution in [1.29, 1.82) is 0 Å². The number of hydrogen-bond donors (Lipinski definition) is 2. The Kier molecular flexibility index (Phi) is 6.62. The highest BCUT2D eigenvalue weighted by atomic mass is 16.5. The summed E-state index contributed by atoms with van der Waals surface area (Å²) >= 11 is 0.